The summed E-state index contributed by atoms with van der Waals surface area (Å²) in [7, 11) is 1.67. The molecule has 42 valence electrons. The minimum Gasteiger partial charge on any atom is -0.367 e. The number of hydrogen-bond acceptors (Lipinski definition) is 2. The van der Waals surface area contributed by atoms with Gasteiger partial charge in [-0.1, -0.05) is 12.7 Å². The van der Waals surface area contributed by atoms with Crippen LogP contribution in [0, 0.1) is 0 Å². The minimum absolute atomic E-state index is 0.167. The van der Waals surface area contributed by atoms with E-state index in [0.29, 0.717) is 0 Å². The van der Waals surface area contributed by atoms with Crippen molar-refractivity contribution in [3.63, 3.8) is 0 Å². The molecule has 1 unspecified atom stereocenters. The molecule has 0 bridgehead atoms. The number of hydrogen-bond donors (Lipinski definition) is 0. The molecule has 0 fully saturated rings. The molecule has 0 aromatic heterocycles. The van der Waals surface area contributed by atoms with Gasteiger partial charge in [0.05, 0.1) is 0 Å². The molecule has 0 rings (SSSR count). The molecule has 0 amide bonds. The predicted octanol–water partition coefficient (Wildman–Crippen LogP) is 1.51. The van der Waals surface area contributed by atoms with Crippen LogP contribution >= 0.6 is 11.8 Å². The third-order valence-corrected chi connectivity index (χ3v) is 1.51. The molecule has 0 heterocycles. The number of rotatable bonds is 3. The third kappa shape index (κ3) is 2.71. The Morgan fingerprint density at radius 3 is 2.43 bits per heavy atom. The maximum absolute atomic E-state index is 4.89. The molecule has 0 spiro atoms. The SMILES string of the molecule is C=CC(OC)SC. The van der Waals surface area contributed by atoms with Gasteiger partial charge in [-0.05, 0) is 6.26 Å². The van der Waals surface area contributed by atoms with Gasteiger partial charge in [-0.15, -0.1) is 11.8 Å². The Labute approximate surface area is 48.7 Å². The lowest BCUT2D eigenvalue weighted by molar-refractivity contribution is 0.208. The van der Waals surface area contributed by atoms with Crippen LogP contribution in [-0.4, -0.2) is 18.8 Å². The molecule has 0 aliphatic heterocycles. The van der Waals surface area contributed by atoms with Crippen molar-refractivity contribution in [1.29, 1.82) is 0 Å². The first kappa shape index (κ1) is 7.05. The van der Waals surface area contributed by atoms with Crippen molar-refractivity contribution < 1.29 is 4.74 Å². The second-order valence-corrected chi connectivity index (χ2v) is 2.01. The minimum atomic E-state index is 0.167. The van der Waals surface area contributed by atoms with Crippen molar-refractivity contribution in [2.75, 3.05) is 13.4 Å². The maximum Gasteiger partial charge on any atom is 0.120 e. The van der Waals surface area contributed by atoms with Crippen LogP contribution < -0.4 is 0 Å². The lowest BCUT2D eigenvalue weighted by atomic mass is 10.7. The molecular formula is C5H10OS. The van der Waals surface area contributed by atoms with Crippen molar-refractivity contribution in [3.05, 3.63) is 12.7 Å². The largest absolute Gasteiger partial charge is 0.367 e. The number of ether oxygens (including phenoxy) is 1. The van der Waals surface area contributed by atoms with Gasteiger partial charge >= 0.3 is 0 Å². The summed E-state index contributed by atoms with van der Waals surface area (Å²) in [6, 6.07) is 0. The van der Waals surface area contributed by atoms with E-state index in [9.17, 15) is 0 Å². The average Bonchev–Trinajstić information content (AvgIpc) is 1.72. The van der Waals surface area contributed by atoms with Gasteiger partial charge in [-0.25, -0.2) is 0 Å². The topological polar surface area (TPSA) is 9.23 Å². The first-order valence-electron chi connectivity index (χ1n) is 2.03. The van der Waals surface area contributed by atoms with Gasteiger partial charge in [0.15, 0.2) is 0 Å². The zero-order chi connectivity index (χ0) is 5.70. The summed E-state index contributed by atoms with van der Waals surface area (Å²) in [5.41, 5.74) is 0.167. The molecule has 0 N–H and O–H groups in total. The highest BCUT2D eigenvalue weighted by Crippen LogP contribution is 2.05. The van der Waals surface area contributed by atoms with E-state index in [0.717, 1.165) is 0 Å². The summed E-state index contributed by atoms with van der Waals surface area (Å²) in [4.78, 5) is 0. The van der Waals surface area contributed by atoms with Crippen molar-refractivity contribution >= 4 is 11.8 Å². The van der Waals surface area contributed by atoms with Crippen LogP contribution in [0.4, 0.5) is 0 Å². The molecule has 2 heteroatoms. The zero-order valence-electron chi connectivity index (χ0n) is 4.68. The first-order valence-corrected chi connectivity index (χ1v) is 3.32. The summed E-state index contributed by atoms with van der Waals surface area (Å²) in [6.45, 7) is 3.56. The smallest absolute Gasteiger partial charge is 0.120 e. The van der Waals surface area contributed by atoms with Crippen molar-refractivity contribution in [1.82, 2.24) is 0 Å². The number of thioether (sulfide) groups is 1. The van der Waals surface area contributed by atoms with E-state index in [1.165, 1.54) is 0 Å². The van der Waals surface area contributed by atoms with Crippen LogP contribution in [0.2, 0.25) is 0 Å². The molecule has 0 aromatic rings. The Morgan fingerprint density at radius 1 is 1.86 bits per heavy atom. The predicted molar refractivity (Wildman–Crippen MR) is 34.5 cm³/mol. The molecule has 7 heavy (non-hydrogen) atoms. The van der Waals surface area contributed by atoms with Crippen LogP contribution in [0.3, 0.4) is 0 Å². The normalized spacial score (nSPS) is 13.4. The van der Waals surface area contributed by atoms with Crippen molar-refractivity contribution in [2.24, 2.45) is 0 Å². The maximum atomic E-state index is 4.89. The fraction of sp³-hybridized carbons (Fsp3) is 0.600. The van der Waals surface area contributed by atoms with E-state index >= 15 is 0 Å². The van der Waals surface area contributed by atoms with E-state index < -0.39 is 0 Å². The molecule has 0 aliphatic rings. The van der Waals surface area contributed by atoms with Crippen molar-refractivity contribution in [3.8, 4) is 0 Å². The standard InChI is InChI=1S/C5H10OS/c1-4-5(6-2)7-3/h4-5H,1H2,2-3H3. The Morgan fingerprint density at radius 2 is 2.43 bits per heavy atom. The third-order valence-electron chi connectivity index (χ3n) is 0.657. The summed E-state index contributed by atoms with van der Waals surface area (Å²) in [5, 5.41) is 0. The first-order chi connectivity index (χ1) is 3.35. The Bertz CT molecular complexity index is 50.0. The summed E-state index contributed by atoms with van der Waals surface area (Å²) in [5.74, 6) is 0. The Hall–Kier alpha value is 0.0500. The van der Waals surface area contributed by atoms with Gasteiger partial charge in [0.2, 0.25) is 0 Å². The van der Waals surface area contributed by atoms with E-state index in [-0.39, 0.29) is 5.44 Å². The molecule has 0 saturated carbocycles. The second kappa shape index (κ2) is 4.22. The fourth-order valence-corrected chi connectivity index (χ4v) is 0.674. The van der Waals surface area contributed by atoms with Crippen molar-refractivity contribution in [2.45, 2.75) is 5.44 Å². The summed E-state index contributed by atoms with van der Waals surface area (Å²) >= 11 is 1.63. The van der Waals surface area contributed by atoms with Gasteiger partial charge in [-0.2, -0.15) is 0 Å². The Kier molecular flexibility index (Phi) is 4.25. The van der Waals surface area contributed by atoms with Gasteiger partial charge in [-0.3, -0.25) is 0 Å². The average molecular weight is 118 g/mol. The van der Waals surface area contributed by atoms with E-state index in [1.807, 2.05) is 6.26 Å². The number of methoxy groups -OCH3 is 1. The highest BCUT2D eigenvalue weighted by Gasteiger charge is 1.92. The molecule has 0 saturated heterocycles. The molecule has 1 nitrogen and oxygen atoms in total. The molecule has 0 aliphatic carbocycles. The van der Waals surface area contributed by atoms with E-state index in [2.05, 4.69) is 6.58 Å². The lowest BCUT2D eigenvalue weighted by Gasteiger charge is -2.03. The highest BCUT2D eigenvalue weighted by atomic mass is 32.2. The van der Waals surface area contributed by atoms with Crippen LogP contribution in [0.15, 0.2) is 12.7 Å². The molecule has 1 atom stereocenters. The fourth-order valence-electron chi connectivity index (χ4n) is 0.289. The zero-order valence-corrected chi connectivity index (χ0v) is 5.49. The quantitative estimate of drug-likeness (QED) is 0.410. The van der Waals surface area contributed by atoms with Crippen LogP contribution in [0.5, 0.6) is 0 Å². The summed E-state index contributed by atoms with van der Waals surface area (Å²) < 4.78 is 4.89. The van der Waals surface area contributed by atoms with Crippen LogP contribution in [-0.2, 0) is 4.74 Å². The van der Waals surface area contributed by atoms with Gasteiger partial charge in [0, 0.05) is 7.11 Å². The van der Waals surface area contributed by atoms with Gasteiger partial charge < -0.3 is 4.74 Å². The van der Waals surface area contributed by atoms with Crippen LogP contribution in [0.25, 0.3) is 0 Å². The van der Waals surface area contributed by atoms with E-state index in [4.69, 9.17) is 4.74 Å². The molecule has 0 aromatic carbocycles. The molecule has 0 radical (unpaired) electrons. The Balaban J connectivity index is 3.16. The van der Waals surface area contributed by atoms with Gasteiger partial charge in [0.25, 0.3) is 0 Å². The van der Waals surface area contributed by atoms with Gasteiger partial charge in [0.1, 0.15) is 5.44 Å². The molecular weight excluding hydrogens is 108 g/mol. The lowest BCUT2D eigenvalue weighted by Crippen LogP contribution is -1.97. The van der Waals surface area contributed by atoms with Crippen LogP contribution in [0.1, 0.15) is 0 Å². The second-order valence-electron chi connectivity index (χ2n) is 1.08. The highest BCUT2D eigenvalue weighted by molar-refractivity contribution is 7.99. The summed E-state index contributed by atoms with van der Waals surface area (Å²) in [6.07, 6.45) is 3.75. The monoisotopic (exact) mass is 118 g/mol. The van der Waals surface area contributed by atoms with E-state index in [1.54, 1.807) is 24.9 Å².